The molecule has 3 nitrogen and oxygen atoms in total. The molecule has 4 heteroatoms. The van der Waals surface area contributed by atoms with Crippen LogP contribution in [-0.2, 0) is 0 Å². The molecule has 19 heavy (non-hydrogen) atoms. The molecule has 1 aromatic heterocycles. The van der Waals surface area contributed by atoms with Crippen LogP contribution in [0.2, 0.25) is 0 Å². The van der Waals surface area contributed by atoms with Crippen molar-refractivity contribution >= 4 is 0 Å². The fourth-order valence-corrected chi connectivity index (χ4v) is 2.01. The number of rotatable bonds is 2. The van der Waals surface area contributed by atoms with Crippen molar-refractivity contribution in [3.63, 3.8) is 0 Å². The molecular weight excluding hydrogens is 243 g/mol. The average Bonchev–Trinajstić information content (AvgIpc) is 2.89. The zero-order valence-electron chi connectivity index (χ0n) is 9.99. The lowest BCUT2D eigenvalue weighted by Crippen LogP contribution is -2.01. The first kappa shape index (κ1) is 11.5. The second-order valence-electron chi connectivity index (χ2n) is 4.10. The molecule has 0 unspecified atom stereocenters. The van der Waals surface area contributed by atoms with Crippen molar-refractivity contribution in [3.05, 3.63) is 66.6 Å². The first-order valence-electron chi connectivity index (χ1n) is 5.84. The van der Waals surface area contributed by atoms with Gasteiger partial charge in [0.1, 0.15) is 17.3 Å². The van der Waals surface area contributed by atoms with E-state index in [-0.39, 0.29) is 11.6 Å². The van der Waals surface area contributed by atoms with Gasteiger partial charge >= 0.3 is 0 Å². The molecule has 0 spiro atoms. The van der Waals surface area contributed by atoms with E-state index >= 15 is 0 Å². The Morgan fingerprint density at radius 1 is 0.947 bits per heavy atom. The summed E-state index contributed by atoms with van der Waals surface area (Å²) in [6.45, 7) is 0. The number of para-hydroxylation sites is 2. The number of phenols is 1. The van der Waals surface area contributed by atoms with Crippen LogP contribution in [0.5, 0.6) is 5.75 Å². The Hall–Kier alpha value is -2.62. The van der Waals surface area contributed by atoms with Gasteiger partial charge in [-0.05, 0) is 30.3 Å². The lowest BCUT2D eigenvalue weighted by atomic mass is 10.1. The van der Waals surface area contributed by atoms with Crippen molar-refractivity contribution in [2.75, 3.05) is 0 Å². The second-order valence-corrected chi connectivity index (χ2v) is 4.10. The molecule has 0 saturated carbocycles. The Balaban J connectivity index is 2.20. The number of aromatic hydroxyl groups is 1. The fourth-order valence-electron chi connectivity index (χ4n) is 2.01. The summed E-state index contributed by atoms with van der Waals surface area (Å²) in [5, 5.41) is 14.0. The minimum absolute atomic E-state index is 0.139. The summed E-state index contributed by atoms with van der Waals surface area (Å²) in [7, 11) is 0. The Labute approximate surface area is 109 Å². The van der Waals surface area contributed by atoms with Gasteiger partial charge < -0.3 is 5.11 Å². The van der Waals surface area contributed by atoms with Gasteiger partial charge in [0.2, 0.25) is 0 Å². The number of halogens is 1. The molecule has 0 saturated heterocycles. The third kappa shape index (κ3) is 1.97. The summed E-state index contributed by atoms with van der Waals surface area (Å²) in [6.07, 6.45) is 1.58. The molecular formula is C15H11FN2O. The smallest absolute Gasteiger partial charge is 0.148 e. The van der Waals surface area contributed by atoms with E-state index in [9.17, 15) is 9.50 Å². The van der Waals surface area contributed by atoms with Crippen LogP contribution in [-0.4, -0.2) is 14.9 Å². The predicted molar refractivity (Wildman–Crippen MR) is 70.6 cm³/mol. The average molecular weight is 254 g/mol. The maximum atomic E-state index is 13.8. The van der Waals surface area contributed by atoms with Crippen LogP contribution in [0.4, 0.5) is 4.39 Å². The van der Waals surface area contributed by atoms with Crippen molar-refractivity contribution in [1.29, 1.82) is 0 Å². The molecule has 1 N–H and O–H groups in total. The maximum absolute atomic E-state index is 13.8. The van der Waals surface area contributed by atoms with E-state index in [1.54, 1.807) is 48.7 Å². The summed E-state index contributed by atoms with van der Waals surface area (Å²) in [5.74, 6) is -0.219. The molecule has 0 fully saturated rings. The van der Waals surface area contributed by atoms with E-state index in [4.69, 9.17) is 0 Å². The van der Waals surface area contributed by atoms with Gasteiger partial charge in [-0.15, -0.1) is 0 Å². The van der Waals surface area contributed by atoms with Crippen molar-refractivity contribution < 1.29 is 9.50 Å². The standard InChI is InChI=1S/C15H11FN2O/c16-12-6-2-3-7-14(12)18-13(9-10-17-18)11-5-1-4-8-15(11)19/h1-10,19H. The third-order valence-corrected chi connectivity index (χ3v) is 2.90. The normalized spacial score (nSPS) is 10.6. The quantitative estimate of drug-likeness (QED) is 0.761. The van der Waals surface area contributed by atoms with Gasteiger partial charge in [0.25, 0.3) is 0 Å². The summed E-state index contributed by atoms with van der Waals surface area (Å²) in [4.78, 5) is 0. The number of phenolic OH excluding ortho intramolecular Hbond substituents is 1. The highest BCUT2D eigenvalue weighted by Crippen LogP contribution is 2.30. The molecule has 0 atom stereocenters. The molecule has 2 aromatic carbocycles. The lowest BCUT2D eigenvalue weighted by molar-refractivity contribution is 0.477. The minimum atomic E-state index is -0.358. The Kier molecular flexibility index (Phi) is 2.76. The van der Waals surface area contributed by atoms with Crippen molar-refractivity contribution in [2.45, 2.75) is 0 Å². The second kappa shape index (κ2) is 4.57. The minimum Gasteiger partial charge on any atom is -0.507 e. The molecule has 0 bridgehead atoms. The Morgan fingerprint density at radius 2 is 1.68 bits per heavy atom. The van der Waals surface area contributed by atoms with E-state index in [0.29, 0.717) is 16.9 Å². The summed E-state index contributed by atoms with van der Waals surface area (Å²) < 4.78 is 15.3. The highest BCUT2D eigenvalue weighted by atomic mass is 19.1. The van der Waals surface area contributed by atoms with Gasteiger partial charge in [-0.1, -0.05) is 24.3 Å². The van der Waals surface area contributed by atoms with Gasteiger partial charge in [0.05, 0.1) is 11.9 Å². The summed E-state index contributed by atoms with van der Waals surface area (Å²) in [5.41, 5.74) is 1.61. The summed E-state index contributed by atoms with van der Waals surface area (Å²) in [6, 6.07) is 15.0. The van der Waals surface area contributed by atoms with Crippen LogP contribution in [0.3, 0.4) is 0 Å². The van der Waals surface area contributed by atoms with Gasteiger partial charge in [-0.25, -0.2) is 9.07 Å². The Morgan fingerprint density at radius 3 is 2.47 bits per heavy atom. The van der Waals surface area contributed by atoms with Gasteiger partial charge in [0, 0.05) is 5.56 Å². The van der Waals surface area contributed by atoms with Crippen molar-refractivity contribution in [2.24, 2.45) is 0 Å². The highest BCUT2D eigenvalue weighted by Gasteiger charge is 2.12. The van der Waals surface area contributed by atoms with Crippen LogP contribution in [0.1, 0.15) is 0 Å². The molecule has 0 radical (unpaired) electrons. The van der Waals surface area contributed by atoms with Crippen molar-refractivity contribution in [3.8, 4) is 22.7 Å². The first-order valence-corrected chi connectivity index (χ1v) is 5.84. The maximum Gasteiger partial charge on any atom is 0.148 e. The number of aromatic nitrogens is 2. The van der Waals surface area contributed by atoms with Crippen LogP contribution in [0.25, 0.3) is 16.9 Å². The first-order chi connectivity index (χ1) is 9.27. The fraction of sp³-hybridized carbons (Fsp3) is 0. The zero-order valence-corrected chi connectivity index (χ0v) is 9.99. The van der Waals surface area contributed by atoms with E-state index in [1.165, 1.54) is 10.7 Å². The largest absolute Gasteiger partial charge is 0.507 e. The molecule has 1 heterocycles. The van der Waals surface area contributed by atoms with Crippen LogP contribution >= 0.6 is 0 Å². The third-order valence-electron chi connectivity index (χ3n) is 2.90. The molecule has 0 aliphatic rings. The van der Waals surface area contributed by atoms with Gasteiger partial charge in [-0.2, -0.15) is 5.10 Å². The zero-order chi connectivity index (χ0) is 13.2. The van der Waals surface area contributed by atoms with E-state index in [1.807, 2.05) is 6.07 Å². The van der Waals surface area contributed by atoms with E-state index < -0.39 is 0 Å². The summed E-state index contributed by atoms with van der Waals surface area (Å²) >= 11 is 0. The molecule has 0 aliphatic carbocycles. The predicted octanol–water partition coefficient (Wildman–Crippen LogP) is 3.38. The van der Waals surface area contributed by atoms with E-state index in [0.717, 1.165) is 0 Å². The molecule has 94 valence electrons. The Bertz CT molecular complexity index is 661. The topological polar surface area (TPSA) is 38.1 Å². The number of nitrogens with zero attached hydrogens (tertiary/aromatic N) is 2. The van der Waals surface area contributed by atoms with Gasteiger partial charge in [0.15, 0.2) is 0 Å². The van der Waals surface area contributed by atoms with Crippen LogP contribution < -0.4 is 0 Å². The van der Waals surface area contributed by atoms with Crippen LogP contribution in [0.15, 0.2) is 60.8 Å². The van der Waals surface area contributed by atoms with Crippen molar-refractivity contribution in [1.82, 2.24) is 9.78 Å². The van der Waals surface area contributed by atoms with Crippen LogP contribution in [0, 0.1) is 5.82 Å². The molecule has 0 amide bonds. The van der Waals surface area contributed by atoms with Gasteiger partial charge in [-0.3, -0.25) is 0 Å². The number of benzene rings is 2. The number of hydrogen-bond donors (Lipinski definition) is 1. The SMILES string of the molecule is Oc1ccccc1-c1ccnn1-c1ccccc1F. The number of hydrogen-bond acceptors (Lipinski definition) is 2. The molecule has 3 aromatic rings. The molecule has 3 rings (SSSR count). The monoisotopic (exact) mass is 254 g/mol. The highest BCUT2D eigenvalue weighted by molar-refractivity contribution is 5.68. The van der Waals surface area contributed by atoms with E-state index in [2.05, 4.69) is 5.10 Å². The molecule has 0 aliphatic heterocycles. The lowest BCUT2D eigenvalue weighted by Gasteiger charge is -2.09.